The number of nitrogens with zero attached hydrogens (tertiary/aromatic N) is 1. The number of alkyl halides is 2. The van der Waals surface area contributed by atoms with Gasteiger partial charge in [-0.2, -0.15) is 0 Å². The molecule has 1 aromatic rings. The van der Waals surface area contributed by atoms with Crippen LogP contribution in [0.3, 0.4) is 0 Å². The first-order valence-electron chi connectivity index (χ1n) is 4.56. The molecule has 0 saturated heterocycles. The van der Waals surface area contributed by atoms with E-state index in [1.54, 1.807) is 6.92 Å². The molecule has 6 heteroatoms. The van der Waals surface area contributed by atoms with Gasteiger partial charge in [0.2, 0.25) is 0 Å². The lowest BCUT2D eigenvalue weighted by Gasteiger charge is -2.11. The summed E-state index contributed by atoms with van der Waals surface area (Å²) in [6, 6.07) is 0. The van der Waals surface area contributed by atoms with Gasteiger partial charge >= 0.3 is 5.97 Å². The van der Waals surface area contributed by atoms with Crippen molar-refractivity contribution in [1.82, 2.24) is 4.98 Å². The average Bonchev–Trinajstić information content (AvgIpc) is 2.23. The fraction of sp³-hybridized carbons (Fsp3) is 0.400. The molecular formula is C10H12F2N2O2. The number of esters is 1. The van der Waals surface area contributed by atoms with E-state index >= 15 is 0 Å². The highest BCUT2D eigenvalue weighted by molar-refractivity contribution is 5.73. The van der Waals surface area contributed by atoms with Gasteiger partial charge < -0.3 is 10.5 Å². The number of rotatable bonds is 3. The lowest BCUT2D eigenvalue weighted by molar-refractivity contribution is -0.139. The third kappa shape index (κ3) is 2.44. The molecule has 1 heterocycles. The van der Waals surface area contributed by atoms with Crippen LogP contribution in [0.1, 0.15) is 23.2 Å². The van der Waals surface area contributed by atoms with Crippen molar-refractivity contribution in [2.45, 2.75) is 19.8 Å². The molecule has 0 radical (unpaired) electrons. The number of carbonyl (C=O) groups excluding carboxylic acids is 1. The third-order valence-electron chi connectivity index (χ3n) is 2.20. The number of nitrogen functional groups attached to an aromatic ring is 1. The minimum atomic E-state index is -2.76. The highest BCUT2D eigenvalue weighted by Gasteiger charge is 2.21. The summed E-state index contributed by atoms with van der Waals surface area (Å²) in [5.41, 5.74) is 5.55. The predicted octanol–water partition coefficient (Wildman–Crippen LogP) is 1.63. The van der Waals surface area contributed by atoms with Gasteiger partial charge in [-0.15, -0.1) is 0 Å². The number of anilines is 1. The molecule has 4 nitrogen and oxygen atoms in total. The number of aromatic nitrogens is 1. The quantitative estimate of drug-likeness (QED) is 0.801. The first kappa shape index (κ1) is 12.4. The molecule has 0 bridgehead atoms. The summed E-state index contributed by atoms with van der Waals surface area (Å²) in [6.07, 6.45) is -1.70. The number of pyridine rings is 1. The van der Waals surface area contributed by atoms with Gasteiger partial charge in [0.05, 0.1) is 24.8 Å². The molecule has 0 spiro atoms. The highest BCUT2D eigenvalue weighted by atomic mass is 19.3. The van der Waals surface area contributed by atoms with Crippen molar-refractivity contribution in [1.29, 1.82) is 0 Å². The zero-order valence-electron chi connectivity index (χ0n) is 8.96. The van der Waals surface area contributed by atoms with Crippen LogP contribution in [0.15, 0.2) is 6.20 Å². The Morgan fingerprint density at radius 1 is 1.62 bits per heavy atom. The van der Waals surface area contributed by atoms with Crippen molar-refractivity contribution in [2.24, 2.45) is 0 Å². The Labute approximate surface area is 91.4 Å². The fourth-order valence-electron chi connectivity index (χ4n) is 1.27. The van der Waals surface area contributed by atoms with E-state index < -0.39 is 12.4 Å². The molecule has 2 N–H and O–H groups in total. The Kier molecular flexibility index (Phi) is 3.76. The van der Waals surface area contributed by atoms with Gasteiger partial charge in [-0.25, -0.2) is 8.78 Å². The van der Waals surface area contributed by atoms with E-state index in [1.165, 1.54) is 13.3 Å². The lowest BCUT2D eigenvalue weighted by Crippen LogP contribution is -2.11. The first-order chi connectivity index (χ1) is 7.47. The lowest BCUT2D eigenvalue weighted by atomic mass is 10.1. The molecule has 0 unspecified atom stereocenters. The minimum Gasteiger partial charge on any atom is -0.469 e. The van der Waals surface area contributed by atoms with Crippen LogP contribution in [0.2, 0.25) is 0 Å². The zero-order valence-corrected chi connectivity index (χ0v) is 8.96. The number of ether oxygens (including phenoxy) is 1. The number of methoxy groups -OCH3 is 1. The minimum absolute atomic E-state index is 0.0242. The van der Waals surface area contributed by atoms with Crippen molar-refractivity contribution in [3.8, 4) is 0 Å². The fourth-order valence-corrected chi connectivity index (χ4v) is 1.27. The second-order valence-corrected chi connectivity index (χ2v) is 3.27. The molecule has 0 atom stereocenters. The maximum atomic E-state index is 12.8. The van der Waals surface area contributed by atoms with Gasteiger partial charge in [0, 0.05) is 11.9 Å². The Morgan fingerprint density at radius 3 is 2.75 bits per heavy atom. The second kappa shape index (κ2) is 4.87. The SMILES string of the molecule is COC(=O)Cc1ncc(C)c(N)c1C(F)F. The van der Waals surface area contributed by atoms with Crippen LogP contribution in [-0.4, -0.2) is 18.1 Å². The van der Waals surface area contributed by atoms with Gasteiger partial charge in [0.15, 0.2) is 0 Å². The molecule has 0 aliphatic heterocycles. The summed E-state index contributed by atoms with van der Waals surface area (Å²) >= 11 is 0. The van der Waals surface area contributed by atoms with Crippen LogP contribution in [0.4, 0.5) is 14.5 Å². The number of nitrogens with two attached hydrogens (primary N) is 1. The van der Waals surface area contributed by atoms with E-state index in [9.17, 15) is 13.6 Å². The molecule has 0 aromatic carbocycles. The van der Waals surface area contributed by atoms with Crippen LogP contribution in [0.5, 0.6) is 0 Å². The summed E-state index contributed by atoms with van der Waals surface area (Å²) in [7, 11) is 1.18. The molecule has 88 valence electrons. The molecule has 0 aliphatic rings. The molecule has 1 aromatic heterocycles. The standard InChI is InChI=1S/C10H12F2N2O2/c1-5-4-14-6(3-7(15)16-2)8(9(5)13)10(11)12/h4,10H,3H2,1-2H3,(H2,13,14). The number of halogens is 2. The van der Waals surface area contributed by atoms with E-state index in [0.717, 1.165) is 0 Å². The van der Waals surface area contributed by atoms with Crippen molar-refractivity contribution >= 4 is 11.7 Å². The molecule has 0 amide bonds. The topological polar surface area (TPSA) is 65.2 Å². The van der Waals surface area contributed by atoms with Gasteiger partial charge in [-0.3, -0.25) is 9.78 Å². The largest absolute Gasteiger partial charge is 0.469 e. The van der Waals surface area contributed by atoms with Gasteiger partial charge in [-0.1, -0.05) is 0 Å². The van der Waals surface area contributed by atoms with Crippen molar-refractivity contribution in [2.75, 3.05) is 12.8 Å². The molecule has 1 rings (SSSR count). The predicted molar refractivity (Wildman–Crippen MR) is 54.1 cm³/mol. The summed E-state index contributed by atoms with van der Waals surface area (Å²) < 4.78 is 29.9. The molecule has 0 saturated carbocycles. The monoisotopic (exact) mass is 230 g/mol. The van der Waals surface area contributed by atoms with Gasteiger partial charge in [0.25, 0.3) is 6.43 Å². The summed E-state index contributed by atoms with van der Waals surface area (Å²) in [4.78, 5) is 14.8. The van der Waals surface area contributed by atoms with E-state index in [1.807, 2.05) is 0 Å². The second-order valence-electron chi connectivity index (χ2n) is 3.27. The van der Waals surface area contributed by atoms with Crippen LogP contribution in [0.25, 0.3) is 0 Å². The zero-order chi connectivity index (χ0) is 12.3. The van der Waals surface area contributed by atoms with Crippen molar-refractivity contribution < 1.29 is 18.3 Å². The summed E-state index contributed by atoms with van der Waals surface area (Å²) in [6.45, 7) is 1.58. The van der Waals surface area contributed by atoms with E-state index in [2.05, 4.69) is 9.72 Å². The Morgan fingerprint density at radius 2 is 2.25 bits per heavy atom. The molecule has 16 heavy (non-hydrogen) atoms. The molecule has 0 aliphatic carbocycles. The smallest absolute Gasteiger partial charge is 0.311 e. The van der Waals surface area contributed by atoms with E-state index in [-0.39, 0.29) is 23.4 Å². The van der Waals surface area contributed by atoms with E-state index in [0.29, 0.717) is 5.56 Å². The average molecular weight is 230 g/mol. The summed E-state index contributed by atoms with van der Waals surface area (Å²) in [5, 5.41) is 0. The van der Waals surface area contributed by atoms with Crippen LogP contribution in [0, 0.1) is 6.92 Å². The van der Waals surface area contributed by atoms with Crippen molar-refractivity contribution in [3.05, 3.63) is 23.0 Å². The van der Waals surface area contributed by atoms with Gasteiger partial charge in [0.1, 0.15) is 0 Å². The summed E-state index contributed by atoms with van der Waals surface area (Å²) in [5.74, 6) is -0.627. The van der Waals surface area contributed by atoms with Crippen LogP contribution >= 0.6 is 0 Å². The Hall–Kier alpha value is -1.72. The van der Waals surface area contributed by atoms with Crippen molar-refractivity contribution in [3.63, 3.8) is 0 Å². The maximum absolute atomic E-state index is 12.8. The molecule has 0 fully saturated rings. The molecular weight excluding hydrogens is 218 g/mol. The van der Waals surface area contributed by atoms with Gasteiger partial charge in [-0.05, 0) is 12.5 Å². The van der Waals surface area contributed by atoms with E-state index in [4.69, 9.17) is 5.73 Å². The number of hydrogen-bond donors (Lipinski definition) is 1. The Bertz CT molecular complexity index is 408. The number of carbonyl (C=O) groups is 1. The van der Waals surface area contributed by atoms with Crippen LogP contribution in [-0.2, 0) is 16.0 Å². The number of aryl methyl sites for hydroxylation is 1. The first-order valence-corrected chi connectivity index (χ1v) is 4.56. The third-order valence-corrected chi connectivity index (χ3v) is 2.20. The van der Waals surface area contributed by atoms with Crippen LogP contribution < -0.4 is 5.73 Å². The highest BCUT2D eigenvalue weighted by Crippen LogP contribution is 2.29. The Balaban J connectivity index is 3.18. The number of hydrogen-bond acceptors (Lipinski definition) is 4. The maximum Gasteiger partial charge on any atom is 0.311 e. The normalized spacial score (nSPS) is 10.6.